The van der Waals surface area contributed by atoms with E-state index in [1.165, 1.54) is 38.5 Å². The van der Waals surface area contributed by atoms with Gasteiger partial charge < -0.3 is 5.73 Å². The molecule has 1 aromatic rings. The van der Waals surface area contributed by atoms with Crippen molar-refractivity contribution in [3.05, 3.63) is 16.4 Å². The van der Waals surface area contributed by atoms with Gasteiger partial charge in [0.25, 0.3) is 0 Å². The Balaban J connectivity index is 1.93. The standard InChI is InChI=1S/C17H30ClN3/c1-4-6-12-7-9-13(10-8-12)14(19)11-16-17(18)15(5-2)20-21(16)3/h12-14H,4-11,19H2,1-3H3. The van der Waals surface area contributed by atoms with Gasteiger partial charge in [0, 0.05) is 19.5 Å². The number of halogens is 1. The fraction of sp³-hybridized carbons (Fsp3) is 0.824. The lowest BCUT2D eigenvalue weighted by Gasteiger charge is -2.32. The highest BCUT2D eigenvalue weighted by Gasteiger charge is 2.27. The number of rotatable bonds is 6. The highest BCUT2D eigenvalue weighted by molar-refractivity contribution is 6.31. The molecule has 1 unspecified atom stereocenters. The number of nitrogens with zero attached hydrogens (tertiary/aromatic N) is 2. The van der Waals surface area contributed by atoms with Crippen LogP contribution in [0.2, 0.25) is 5.02 Å². The maximum absolute atomic E-state index is 6.49. The lowest BCUT2D eigenvalue weighted by Crippen LogP contribution is -2.35. The summed E-state index contributed by atoms with van der Waals surface area (Å²) in [4.78, 5) is 0. The van der Waals surface area contributed by atoms with E-state index in [1.807, 2.05) is 11.7 Å². The zero-order valence-corrected chi connectivity index (χ0v) is 14.5. The van der Waals surface area contributed by atoms with Crippen molar-refractivity contribution < 1.29 is 0 Å². The number of hydrogen-bond acceptors (Lipinski definition) is 2. The Labute approximate surface area is 134 Å². The SMILES string of the molecule is CCCC1CCC(C(N)Cc2c(Cl)c(CC)nn2C)CC1. The van der Waals surface area contributed by atoms with Gasteiger partial charge in [-0.2, -0.15) is 5.10 Å². The van der Waals surface area contributed by atoms with Crippen molar-refractivity contribution in [1.82, 2.24) is 9.78 Å². The Morgan fingerprint density at radius 3 is 2.48 bits per heavy atom. The first-order valence-corrected chi connectivity index (χ1v) is 8.90. The largest absolute Gasteiger partial charge is 0.327 e. The van der Waals surface area contributed by atoms with Crippen LogP contribution >= 0.6 is 11.6 Å². The first kappa shape index (κ1) is 16.8. The maximum atomic E-state index is 6.49. The molecule has 2 N–H and O–H groups in total. The molecule has 1 aliphatic carbocycles. The summed E-state index contributed by atoms with van der Waals surface area (Å²) < 4.78 is 1.92. The fourth-order valence-electron chi connectivity index (χ4n) is 3.74. The van der Waals surface area contributed by atoms with Gasteiger partial charge in [0.05, 0.1) is 16.4 Å². The second-order valence-electron chi connectivity index (χ2n) is 6.62. The van der Waals surface area contributed by atoms with Crippen LogP contribution in [0.25, 0.3) is 0 Å². The van der Waals surface area contributed by atoms with E-state index in [4.69, 9.17) is 17.3 Å². The summed E-state index contributed by atoms with van der Waals surface area (Å²) in [6.45, 7) is 4.38. The molecule has 4 heteroatoms. The predicted octanol–water partition coefficient (Wildman–Crippen LogP) is 4.11. The van der Waals surface area contributed by atoms with Gasteiger partial charge in [-0.05, 0) is 31.1 Å². The minimum Gasteiger partial charge on any atom is -0.327 e. The Morgan fingerprint density at radius 2 is 1.95 bits per heavy atom. The van der Waals surface area contributed by atoms with Gasteiger partial charge >= 0.3 is 0 Å². The van der Waals surface area contributed by atoms with E-state index < -0.39 is 0 Å². The first-order valence-electron chi connectivity index (χ1n) is 8.52. The lowest BCUT2D eigenvalue weighted by molar-refractivity contribution is 0.231. The van der Waals surface area contributed by atoms with E-state index in [-0.39, 0.29) is 6.04 Å². The molecule has 0 saturated heterocycles. The number of nitrogens with two attached hydrogens (primary N) is 1. The van der Waals surface area contributed by atoms with Gasteiger partial charge in [0.15, 0.2) is 0 Å². The van der Waals surface area contributed by atoms with Crippen molar-refractivity contribution in [2.75, 3.05) is 0 Å². The van der Waals surface area contributed by atoms with E-state index in [0.29, 0.717) is 5.92 Å². The summed E-state index contributed by atoms with van der Waals surface area (Å²) in [5, 5.41) is 5.32. The number of hydrogen-bond donors (Lipinski definition) is 1. The second kappa shape index (κ2) is 7.64. The molecule has 21 heavy (non-hydrogen) atoms. The van der Waals surface area contributed by atoms with Crippen LogP contribution in [0.1, 0.15) is 63.8 Å². The highest BCUT2D eigenvalue weighted by Crippen LogP contribution is 2.34. The third kappa shape index (κ3) is 4.01. The summed E-state index contributed by atoms with van der Waals surface area (Å²) in [6.07, 6.45) is 9.69. The summed E-state index contributed by atoms with van der Waals surface area (Å²) in [5.74, 6) is 1.58. The molecule has 1 fully saturated rings. The van der Waals surface area contributed by atoms with Gasteiger partial charge in [0.2, 0.25) is 0 Å². The van der Waals surface area contributed by atoms with Crippen molar-refractivity contribution in [3.8, 4) is 0 Å². The van der Waals surface area contributed by atoms with Gasteiger partial charge in [-0.1, -0.05) is 51.1 Å². The van der Waals surface area contributed by atoms with Gasteiger partial charge in [-0.3, -0.25) is 4.68 Å². The molecule has 3 nitrogen and oxygen atoms in total. The Morgan fingerprint density at radius 1 is 1.29 bits per heavy atom. The average molecular weight is 312 g/mol. The van der Waals surface area contributed by atoms with Gasteiger partial charge in [-0.15, -0.1) is 0 Å². The van der Waals surface area contributed by atoms with Crippen LogP contribution in [0.4, 0.5) is 0 Å². The molecular formula is C17H30ClN3. The third-order valence-electron chi connectivity index (χ3n) is 5.13. The summed E-state index contributed by atoms with van der Waals surface area (Å²) in [5.41, 5.74) is 8.59. The molecule has 0 aliphatic heterocycles. The van der Waals surface area contributed by atoms with Crippen molar-refractivity contribution in [3.63, 3.8) is 0 Å². The van der Waals surface area contributed by atoms with Crippen molar-refractivity contribution in [2.45, 2.75) is 71.3 Å². The molecule has 0 spiro atoms. The zero-order valence-electron chi connectivity index (χ0n) is 13.7. The maximum Gasteiger partial charge on any atom is 0.0850 e. The van der Waals surface area contributed by atoms with Crippen molar-refractivity contribution in [1.29, 1.82) is 0 Å². The monoisotopic (exact) mass is 311 g/mol. The molecule has 0 amide bonds. The van der Waals surface area contributed by atoms with Crippen LogP contribution < -0.4 is 5.73 Å². The van der Waals surface area contributed by atoms with Crippen molar-refractivity contribution >= 4 is 11.6 Å². The highest BCUT2D eigenvalue weighted by atomic mass is 35.5. The minimum atomic E-state index is 0.213. The normalized spacial score (nSPS) is 24.2. The van der Waals surface area contributed by atoms with Crippen LogP contribution in [0, 0.1) is 11.8 Å². The molecule has 2 rings (SSSR count). The van der Waals surface area contributed by atoms with Crippen LogP contribution in [-0.4, -0.2) is 15.8 Å². The molecule has 0 bridgehead atoms. The smallest absolute Gasteiger partial charge is 0.0850 e. The van der Waals surface area contributed by atoms with Gasteiger partial charge in [0.1, 0.15) is 0 Å². The quantitative estimate of drug-likeness (QED) is 0.859. The molecule has 1 atom stereocenters. The summed E-state index contributed by atoms with van der Waals surface area (Å²) in [6, 6.07) is 0.213. The van der Waals surface area contributed by atoms with E-state index in [2.05, 4.69) is 18.9 Å². The van der Waals surface area contributed by atoms with Crippen LogP contribution in [0.5, 0.6) is 0 Å². The zero-order chi connectivity index (χ0) is 15.4. The third-order valence-corrected chi connectivity index (χ3v) is 5.56. The van der Waals surface area contributed by atoms with Crippen LogP contribution in [0.3, 0.4) is 0 Å². The van der Waals surface area contributed by atoms with E-state index in [9.17, 15) is 0 Å². The van der Waals surface area contributed by atoms with Crippen LogP contribution in [0.15, 0.2) is 0 Å². The predicted molar refractivity (Wildman–Crippen MR) is 89.6 cm³/mol. The lowest BCUT2D eigenvalue weighted by atomic mass is 9.76. The van der Waals surface area contributed by atoms with E-state index >= 15 is 0 Å². The fourth-order valence-corrected chi connectivity index (χ4v) is 4.12. The molecule has 0 radical (unpaired) electrons. The van der Waals surface area contributed by atoms with Gasteiger partial charge in [-0.25, -0.2) is 0 Å². The number of aromatic nitrogens is 2. The van der Waals surface area contributed by atoms with E-state index in [0.717, 1.165) is 35.2 Å². The molecule has 120 valence electrons. The molecule has 1 aromatic heterocycles. The molecule has 1 aliphatic rings. The Bertz CT molecular complexity index is 447. The van der Waals surface area contributed by atoms with Crippen LogP contribution in [-0.2, 0) is 19.9 Å². The topological polar surface area (TPSA) is 43.8 Å². The minimum absolute atomic E-state index is 0.213. The average Bonchev–Trinajstić information content (AvgIpc) is 2.75. The summed E-state index contributed by atoms with van der Waals surface area (Å²) >= 11 is 6.44. The summed E-state index contributed by atoms with van der Waals surface area (Å²) in [7, 11) is 1.98. The Hall–Kier alpha value is -0.540. The molecular weight excluding hydrogens is 282 g/mol. The second-order valence-corrected chi connectivity index (χ2v) is 7.00. The first-order chi connectivity index (χ1) is 10.1. The number of aryl methyl sites for hydroxylation is 2. The molecule has 0 aromatic carbocycles. The van der Waals surface area contributed by atoms with Crippen molar-refractivity contribution in [2.24, 2.45) is 24.6 Å². The van der Waals surface area contributed by atoms with E-state index in [1.54, 1.807) is 0 Å². The molecule has 1 saturated carbocycles. The Kier molecular flexibility index (Phi) is 6.12. The molecule has 1 heterocycles.